The summed E-state index contributed by atoms with van der Waals surface area (Å²) in [6.07, 6.45) is 0.606. The van der Waals surface area contributed by atoms with Crippen LogP contribution in [-0.4, -0.2) is 17.9 Å². The zero-order valence-electron chi connectivity index (χ0n) is 13.5. The number of benzene rings is 2. The largest absolute Gasteiger partial charge is 0.339 e. The summed E-state index contributed by atoms with van der Waals surface area (Å²) in [4.78, 5) is 14.1. The van der Waals surface area contributed by atoms with E-state index in [0.717, 1.165) is 12.1 Å². The smallest absolute Gasteiger partial charge is 0.226 e. The molecule has 0 spiro atoms. The molecule has 1 fully saturated rings. The van der Waals surface area contributed by atoms with E-state index >= 15 is 0 Å². The third-order valence-electron chi connectivity index (χ3n) is 4.77. The fourth-order valence-corrected chi connectivity index (χ4v) is 3.04. The normalized spacial score (nSPS) is 20.5. The molecule has 0 saturated heterocycles. The molecule has 3 atom stereocenters. The minimum absolute atomic E-state index is 0.111. The van der Waals surface area contributed by atoms with Gasteiger partial charge in [-0.25, -0.2) is 13.2 Å². The van der Waals surface area contributed by atoms with Crippen molar-refractivity contribution in [2.45, 2.75) is 25.3 Å². The first-order valence-corrected chi connectivity index (χ1v) is 7.86. The van der Waals surface area contributed by atoms with Crippen LogP contribution in [0.1, 0.15) is 36.4 Å². The van der Waals surface area contributed by atoms with Gasteiger partial charge in [0, 0.05) is 13.0 Å². The number of hydrogen-bond donors (Lipinski definition) is 0. The molecule has 3 rings (SSSR count). The summed E-state index contributed by atoms with van der Waals surface area (Å²) in [6, 6.07) is 9.70. The summed E-state index contributed by atoms with van der Waals surface area (Å²) in [5.41, 5.74) is 1.08. The van der Waals surface area contributed by atoms with Gasteiger partial charge in [-0.15, -0.1) is 0 Å². The van der Waals surface area contributed by atoms with Gasteiger partial charge in [0.2, 0.25) is 5.91 Å². The minimum Gasteiger partial charge on any atom is -0.339 e. The van der Waals surface area contributed by atoms with E-state index in [2.05, 4.69) is 0 Å². The van der Waals surface area contributed by atoms with E-state index in [0.29, 0.717) is 17.5 Å². The number of halogens is 3. The lowest BCUT2D eigenvalue weighted by Gasteiger charge is -2.26. The summed E-state index contributed by atoms with van der Waals surface area (Å²) in [5.74, 6) is -2.63. The van der Waals surface area contributed by atoms with E-state index in [9.17, 15) is 18.0 Å². The highest BCUT2D eigenvalue weighted by molar-refractivity contribution is 5.83. The Hall–Kier alpha value is -2.30. The Labute approximate surface area is 138 Å². The van der Waals surface area contributed by atoms with Crippen molar-refractivity contribution in [3.8, 4) is 0 Å². The van der Waals surface area contributed by atoms with Crippen molar-refractivity contribution < 1.29 is 18.0 Å². The van der Waals surface area contributed by atoms with Crippen LogP contribution < -0.4 is 0 Å². The van der Waals surface area contributed by atoms with Crippen molar-refractivity contribution in [1.29, 1.82) is 0 Å². The van der Waals surface area contributed by atoms with Gasteiger partial charge < -0.3 is 4.90 Å². The predicted molar refractivity (Wildman–Crippen MR) is 84.8 cm³/mol. The summed E-state index contributed by atoms with van der Waals surface area (Å²) < 4.78 is 40.3. The van der Waals surface area contributed by atoms with E-state index < -0.39 is 17.7 Å². The molecule has 1 amide bonds. The van der Waals surface area contributed by atoms with Crippen LogP contribution in [-0.2, 0) is 4.79 Å². The molecule has 0 N–H and O–H groups in total. The average molecular weight is 333 g/mol. The molecule has 5 heteroatoms. The first-order valence-electron chi connectivity index (χ1n) is 7.86. The molecule has 2 nitrogen and oxygen atoms in total. The second kappa shape index (κ2) is 6.30. The molecular weight excluding hydrogens is 315 g/mol. The van der Waals surface area contributed by atoms with Gasteiger partial charge in [-0.3, -0.25) is 4.79 Å². The predicted octanol–water partition coefficient (Wildman–Crippen LogP) is 4.43. The molecular formula is C19H18F3NO. The van der Waals surface area contributed by atoms with Crippen LogP contribution in [0.5, 0.6) is 0 Å². The monoisotopic (exact) mass is 333 g/mol. The third-order valence-corrected chi connectivity index (χ3v) is 4.77. The maximum Gasteiger partial charge on any atom is 0.226 e. The Morgan fingerprint density at radius 2 is 1.79 bits per heavy atom. The van der Waals surface area contributed by atoms with Crippen LogP contribution in [0.2, 0.25) is 0 Å². The standard InChI is InChI=1S/C19H18F3NO/c1-11(12-7-8-17(21)18(22)9-12)23(2)19(24)15-10-14(15)13-5-3-4-6-16(13)20/h3-9,11,14-15H,10H2,1-2H3. The van der Waals surface area contributed by atoms with Crippen molar-refractivity contribution in [3.63, 3.8) is 0 Å². The molecule has 1 saturated carbocycles. The summed E-state index contributed by atoms with van der Waals surface area (Å²) >= 11 is 0. The van der Waals surface area contributed by atoms with Crippen LogP contribution in [0.25, 0.3) is 0 Å². The second-order valence-electron chi connectivity index (χ2n) is 6.27. The van der Waals surface area contributed by atoms with Gasteiger partial charge in [-0.05, 0) is 48.6 Å². The molecule has 2 aromatic rings. The fraction of sp³-hybridized carbons (Fsp3) is 0.316. The van der Waals surface area contributed by atoms with Crippen LogP contribution in [0.3, 0.4) is 0 Å². The summed E-state index contributed by atoms with van der Waals surface area (Å²) in [5, 5.41) is 0. The van der Waals surface area contributed by atoms with E-state index in [1.165, 1.54) is 17.0 Å². The van der Waals surface area contributed by atoms with Gasteiger partial charge in [-0.2, -0.15) is 0 Å². The average Bonchev–Trinajstić information content (AvgIpc) is 3.36. The molecule has 24 heavy (non-hydrogen) atoms. The SMILES string of the molecule is CC(c1ccc(F)c(F)c1)N(C)C(=O)C1CC1c1ccccc1F. The summed E-state index contributed by atoms with van der Waals surface area (Å²) in [7, 11) is 1.63. The maximum absolute atomic E-state index is 13.8. The van der Waals surface area contributed by atoms with Gasteiger partial charge in [0.15, 0.2) is 11.6 Å². The number of carbonyl (C=O) groups excluding carboxylic acids is 1. The highest BCUT2D eigenvalue weighted by Gasteiger charge is 2.46. The van der Waals surface area contributed by atoms with Crippen LogP contribution in [0.15, 0.2) is 42.5 Å². The fourth-order valence-electron chi connectivity index (χ4n) is 3.04. The van der Waals surface area contributed by atoms with E-state index in [4.69, 9.17) is 0 Å². The van der Waals surface area contributed by atoms with Gasteiger partial charge in [0.1, 0.15) is 5.82 Å². The lowest BCUT2D eigenvalue weighted by Crippen LogP contribution is -2.31. The molecule has 0 radical (unpaired) electrons. The van der Waals surface area contributed by atoms with Crippen LogP contribution >= 0.6 is 0 Å². The molecule has 0 aromatic heterocycles. The molecule has 2 aromatic carbocycles. The number of carbonyl (C=O) groups is 1. The minimum atomic E-state index is -0.934. The van der Waals surface area contributed by atoms with Gasteiger partial charge in [0.05, 0.1) is 6.04 Å². The maximum atomic E-state index is 13.8. The Kier molecular flexibility index (Phi) is 4.35. The zero-order chi connectivity index (χ0) is 17.4. The third kappa shape index (κ3) is 3.03. The Balaban J connectivity index is 1.71. The number of amides is 1. The van der Waals surface area contributed by atoms with Gasteiger partial charge in [-0.1, -0.05) is 24.3 Å². The van der Waals surface area contributed by atoms with Crippen molar-refractivity contribution in [1.82, 2.24) is 4.90 Å². The Bertz CT molecular complexity index is 777. The van der Waals surface area contributed by atoms with E-state index in [1.807, 2.05) is 0 Å². The first-order chi connectivity index (χ1) is 11.4. The number of nitrogens with zero attached hydrogens (tertiary/aromatic N) is 1. The molecule has 0 heterocycles. The second-order valence-corrected chi connectivity index (χ2v) is 6.27. The van der Waals surface area contributed by atoms with Crippen molar-refractivity contribution >= 4 is 5.91 Å². The van der Waals surface area contributed by atoms with Gasteiger partial charge in [0.25, 0.3) is 0 Å². The van der Waals surface area contributed by atoms with E-state index in [1.54, 1.807) is 32.2 Å². The van der Waals surface area contributed by atoms with Crippen LogP contribution in [0, 0.1) is 23.4 Å². The molecule has 0 bridgehead atoms. The highest BCUT2D eigenvalue weighted by Crippen LogP contribution is 2.49. The van der Waals surface area contributed by atoms with Crippen molar-refractivity contribution in [2.24, 2.45) is 5.92 Å². The highest BCUT2D eigenvalue weighted by atomic mass is 19.2. The molecule has 0 aliphatic heterocycles. The molecule has 3 unspecified atom stereocenters. The molecule has 126 valence electrons. The number of hydrogen-bond acceptors (Lipinski definition) is 1. The number of rotatable bonds is 4. The first kappa shape index (κ1) is 16.6. The molecule has 1 aliphatic rings. The van der Waals surface area contributed by atoms with Crippen molar-refractivity contribution in [2.75, 3.05) is 7.05 Å². The molecule has 1 aliphatic carbocycles. The Morgan fingerprint density at radius 1 is 1.08 bits per heavy atom. The quantitative estimate of drug-likeness (QED) is 0.811. The zero-order valence-corrected chi connectivity index (χ0v) is 13.5. The lowest BCUT2D eigenvalue weighted by molar-refractivity contribution is -0.133. The van der Waals surface area contributed by atoms with Crippen LogP contribution in [0.4, 0.5) is 13.2 Å². The lowest BCUT2D eigenvalue weighted by atomic mass is 10.1. The Morgan fingerprint density at radius 3 is 2.46 bits per heavy atom. The van der Waals surface area contributed by atoms with E-state index in [-0.39, 0.29) is 23.6 Å². The van der Waals surface area contributed by atoms with Gasteiger partial charge >= 0.3 is 0 Å². The topological polar surface area (TPSA) is 20.3 Å². The summed E-state index contributed by atoms with van der Waals surface area (Å²) in [6.45, 7) is 1.76. The van der Waals surface area contributed by atoms with Crippen molar-refractivity contribution in [3.05, 3.63) is 71.0 Å².